The summed E-state index contributed by atoms with van der Waals surface area (Å²) in [4.78, 5) is 25.9. The first-order valence-corrected chi connectivity index (χ1v) is 7.07. The Morgan fingerprint density at radius 2 is 2.00 bits per heavy atom. The number of aromatic nitrogens is 1. The van der Waals surface area contributed by atoms with Gasteiger partial charge in [0, 0.05) is 28.7 Å². The maximum atomic E-state index is 12.6. The molecule has 1 heterocycles. The van der Waals surface area contributed by atoms with Crippen molar-refractivity contribution in [2.24, 2.45) is 0 Å². The maximum Gasteiger partial charge on any atom is 0.273 e. The van der Waals surface area contributed by atoms with Gasteiger partial charge in [-0.05, 0) is 19.1 Å². The van der Waals surface area contributed by atoms with E-state index in [9.17, 15) is 14.9 Å². The fourth-order valence-electron chi connectivity index (χ4n) is 2.42. The van der Waals surface area contributed by atoms with Crippen LogP contribution < -0.4 is 4.74 Å². The second kappa shape index (κ2) is 5.92. The van der Waals surface area contributed by atoms with Gasteiger partial charge in [-0.3, -0.25) is 14.9 Å². The lowest BCUT2D eigenvalue weighted by molar-refractivity contribution is -0.384. The number of nitro benzene ring substituents is 1. The number of carbonyl (C=O) groups is 1. The van der Waals surface area contributed by atoms with Crippen molar-refractivity contribution < 1.29 is 14.5 Å². The molecule has 116 valence electrons. The number of H-pyrrole nitrogens is 1. The largest absolute Gasteiger partial charge is 0.482 e. The second-order valence-electron chi connectivity index (χ2n) is 5.13. The molecule has 3 rings (SSSR count). The van der Waals surface area contributed by atoms with E-state index < -0.39 is 11.0 Å². The molecule has 0 spiro atoms. The first-order chi connectivity index (χ1) is 11.1. The Balaban J connectivity index is 1.83. The Bertz CT molecular complexity index is 885. The van der Waals surface area contributed by atoms with Gasteiger partial charge in [0.1, 0.15) is 5.75 Å². The third-order valence-corrected chi connectivity index (χ3v) is 3.57. The first-order valence-electron chi connectivity index (χ1n) is 7.07. The summed E-state index contributed by atoms with van der Waals surface area (Å²) in [5.74, 6) is 0.105. The molecule has 0 bridgehead atoms. The van der Waals surface area contributed by atoms with Gasteiger partial charge in [0.05, 0.1) is 11.0 Å². The van der Waals surface area contributed by atoms with Crippen molar-refractivity contribution in [1.82, 2.24) is 4.98 Å². The number of carbonyl (C=O) groups excluding carboxylic acids is 1. The number of aromatic amines is 1. The number of Topliss-reactive ketones (excluding diaryl/α,β-unsaturated/α-hetero) is 1. The molecule has 0 radical (unpaired) electrons. The molecule has 23 heavy (non-hydrogen) atoms. The smallest absolute Gasteiger partial charge is 0.273 e. The predicted octanol–water partition coefficient (Wildman–Crippen LogP) is 3.73. The lowest BCUT2D eigenvalue weighted by Crippen LogP contribution is -2.23. The van der Waals surface area contributed by atoms with Gasteiger partial charge < -0.3 is 9.72 Å². The van der Waals surface area contributed by atoms with Crippen LogP contribution in [0.15, 0.2) is 54.7 Å². The molecule has 3 aromatic rings. The summed E-state index contributed by atoms with van der Waals surface area (Å²) in [6.45, 7) is 1.63. The Labute approximate surface area is 131 Å². The minimum Gasteiger partial charge on any atom is -0.482 e. The van der Waals surface area contributed by atoms with Gasteiger partial charge in [0.25, 0.3) is 5.69 Å². The molecule has 1 aromatic heterocycles. The molecule has 1 atom stereocenters. The lowest BCUT2D eigenvalue weighted by Gasteiger charge is -2.13. The van der Waals surface area contributed by atoms with E-state index in [1.54, 1.807) is 19.2 Å². The summed E-state index contributed by atoms with van der Waals surface area (Å²) >= 11 is 0. The molecule has 1 N–H and O–H groups in total. The molecule has 0 aliphatic rings. The van der Waals surface area contributed by atoms with Crippen LogP contribution in [-0.4, -0.2) is 21.8 Å². The number of para-hydroxylation sites is 1. The minimum atomic E-state index is -0.754. The van der Waals surface area contributed by atoms with Crippen molar-refractivity contribution in [3.05, 3.63) is 70.4 Å². The van der Waals surface area contributed by atoms with Gasteiger partial charge in [-0.15, -0.1) is 0 Å². The van der Waals surface area contributed by atoms with Gasteiger partial charge >= 0.3 is 0 Å². The highest BCUT2D eigenvalue weighted by molar-refractivity contribution is 6.09. The minimum absolute atomic E-state index is 0.0748. The number of fused-ring (bicyclic) bond motifs is 1. The third-order valence-electron chi connectivity index (χ3n) is 3.57. The highest BCUT2D eigenvalue weighted by atomic mass is 16.6. The quantitative estimate of drug-likeness (QED) is 0.442. The average Bonchev–Trinajstić information content (AvgIpc) is 2.98. The second-order valence-corrected chi connectivity index (χ2v) is 5.13. The van der Waals surface area contributed by atoms with E-state index in [0.29, 0.717) is 11.3 Å². The number of ketones is 1. The average molecular weight is 310 g/mol. The summed E-state index contributed by atoms with van der Waals surface area (Å²) in [5.41, 5.74) is 1.34. The molecule has 0 fully saturated rings. The van der Waals surface area contributed by atoms with Gasteiger partial charge in [0.15, 0.2) is 6.10 Å². The molecule has 6 heteroatoms. The van der Waals surface area contributed by atoms with Crippen LogP contribution >= 0.6 is 0 Å². The number of benzene rings is 2. The zero-order valence-electron chi connectivity index (χ0n) is 12.4. The van der Waals surface area contributed by atoms with Crippen molar-refractivity contribution in [2.45, 2.75) is 13.0 Å². The topological polar surface area (TPSA) is 85.2 Å². The van der Waals surface area contributed by atoms with Crippen molar-refractivity contribution in [3.8, 4) is 5.75 Å². The Morgan fingerprint density at radius 3 is 2.78 bits per heavy atom. The fourth-order valence-corrected chi connectivity index (χ4v) is 2.42. The van der Waals surface area contributed by atoms with E-state index in [1.807, 2.05) is 24.3 Å². The van der Waals surface area contributed by atoms with E-state index in [0.717, 1.165) is 10.9 Å². The highest BCUT2D eigenvalue weighted by Gasteiger charge is 2.20. The zero-order valence-corrected chi connectivity index (χ0v) is 12.4. The Hall–Kier alpha value is -3.15. The van der Waals surface area contributed by atoms with Crippen molar-refractivity contribution in [3.63, 3.8) is 0 Å². The normalized spacial score (nSPS) is 12.0. The molecular weight excluding hydrogens is 296 g/mol. The standard InChI is InChI=1S/C17H14N2O4/c1-11(23-13-6-4-5-12(9-13)19(21)22)17(20)15-10-18-16-8-3-2-7-14(15)16/h2-11,18H,1H3/t11-/m0/s1. The number of nitrogens with zero attached hydrogens (tertiary/aromatic N) is 1. The van der Waals surface area contributed by atoms with E-state index >= 15 is 0 Å². The number of hydrogen-bond acceptors (Lipinski definition) is 4. The van der Waals surface area contributed by atoms with Crippen molar-refractivity contribution in [1.29, 1.82) is 0 Å². The number of nitrogens with one attached hydrogen (secondary N) is 1. The van der Waals surface area contributed by atoms with Crippen LogP contribution in [0.3, 0.4) is 0 Å². The number of hydrogen-bond donors (Lipinski definition) is 1. The van der Waals surface area contributed by atoms with Crippen LogP contribution in [0.1, 0.15) is 17.3 Å². The number of nitro groups is 1. The SMILES string of the molecule is C[C@H](Oc1cccc([N+](=O)[O-])c1)C(=O)c1c[nH]c2ccccc12. The first kappa shape index (κ1) is 14.8. The maximum absolute atomic E-state index is 12.6. The van der Waals surface area contributed by atoms with E-state index in [1.165, 1.54) is 18.2 Å². The van der Waals surface area contributed by atoms with Crippen LogP contribution in [0.5, 0.6) is 5.75 Å². The van der Waals surface area contributed by atoms with Gasteiger partial charge in [-0.25, -0.2) is 0 Å². The Morgan fingerprint density at radius 1 is 1.22 bits per heavy atom. The highest BCUT2D eigenvalue weighted by Crippen LogP contribution is 2.23. The van der Waals surface area contributed by atoms with E-state index in [2.05, 4.69) is 4.98 Å². The van der Waals surface area contributed by atoms with Crippen LogP contribution in [0, 0.1) is 10.1 Å². The monoisotopic (exact) mass is 310 g/mol. The third kappa shape index (κ3) is 2.91. The molecule has 0 saturated carbocycles. The van der Waals surface area contributed by atoms with Crippen LogP contribution in [0.2, 0.25) is 0 Å². The molecule has 0 aliphatic heterocycles. The van der Waals surface area contributed by atoms with Crippen molar-refractivity contribution >= 4 is 22.4 Å². The summed E-state index contributed by atoms with van der Waals surface area (Å²) in [6, 6.07) is 13.3. The summed E-state index contributed by atoms with van der Waals surface area (Å²) < 4.78 is 5.57. The fraction of sp³-hybridized carbons (Fsp3) is 0.118. The van der Waals surface area contributed by atoms with Crippen LogP contribution in [0.25, 0.3) is 10.9 Å². The van der Waals surface area contributed by atoms with E-state index in [4.69, 9.17) is 4.74 Å². The molecule has 0 saturated heterocycles. The van der Waals surface area contributed by atoms with Gasteiger partial charge in [0.2, 0.25) is 5.78 Å². The molecule has 6 nitrogen and oxygen atoms in total. The molecule has 0 unspecified atom stereocenters. The summed E-state index contributed by atoms with van der Waals surface area (Å²) in [5, 5.41) is 11.6. The number of rotatable bonds is 5. The van der Waals surface area contributed by atoms with E-state index in [-0.39, 0.29) is 11.5 Å². The number of ether oxygens (including phenoxy) is 1. The zero-order chi connectivity index (χ0) is 16.4. The Kier molecular flexibility index (Phi) is 3.80. The number of non-ortho nitro benzene ring substituents is 1. The van der Waals surface area contributed by atoms with Crippen LogP contribution in [0.4, 0.5) is 5.69 Å². The summed E-state index contributed by atoms with van der Waals surface area (Å²) in [7, 11) is 0. The van der Waals surface area contributed by atoms with Gasteiger partial charge in [-0.2, -0.15) is 0 Å². The summed E-state index contributed by atoms with van der Waals surface area (Å²) in [6.07, 6.45) is 0.900. The van der Waals surface area contributed by atoms with Crippen LogP contribution in [-0.2, 0) is 0 Å². The van der Waals surface area contributed by atoms with Crippen molar-refractivity contribution in [2.75, 3.05) is 0 Å². The lowest BCUT2D eigenvalue weighted by atomic mass is 10.1. The molecule has 2 aromatic carbocycles. The molecular formula is C17H14N2O4. The predicted molar refractivity (Wildman–Crippen MR) is 85.8 cm³/mol. The molecule has 0 amide bonds. The molecule has 0 aliphatic carbocycles. The van der Waals surface area contributed by atoms with Gasteiger partial charge in [-0.1, -0.05) is 24.3 Å².